The summed E-state index contributed by atoms with van der Waals surface area (Å²) >= 11 is 1.76. The molecule has 0 amide bonds. The maximum atomic E-state index is 5.54. The van der Waals surface area contributed by atoms with Crippen LogP contribution in [0.1, 0.15) is 12.5 Å². The molecule has 2 aromatic carbocycles. The monoisotopic (exact) mass is 298 g/mol. The molecule has 4 heteroatoms. The predicted octanol–water partition coefficient (Wildman–Crippen LogP) is 4.26. The second-order valence-corrected chi connectivity index (χ2v) is 5.75. The van der Waals surface area contributed by atoms with Crippen LogP contribution in [0.25, 0.3) is 11.0 Å². The molecule has 1 heterocycles. The van der Waals surface area contributed by atoms with E-state index in [0.717, 1.165) is 27.7 Å². The number of aromatic nitrogens is 2. The number of rotatable bonds is 5. The van der Waals surface area contributed by atoms with Crippen LogP contribution in [0.3, 0.4) is 0 Å². The van der Waals surface area contributed by atoms with Crippen molar-refractivity contribution in [2.45, 2.75) is 17.8 Å². The van der Waals surface area contributed by atoms with Crippen LogP contribution >= 0.6 is 11.8 Å². The summed E-state index contributed by atoms with van der Waals surface area (Å²) in [5, 5.41) is 1.03. The summed E-state index contributed by atoms with van der Waals surface area (Å²) in [6.45, 7) is 2.66. The minimum atomic E-state index is 0.675. The predicted molar refractivity (Wildman–Crippen MR) is 87.9 cm³/mol. The molecule has 0 saturated carbocycles. The second kappa shape index (κ2) is 6.22. The minimum absolute atomic E-state index is 0.675. The fourth-order valence-electron chi connectivity index (χ4n) is 2.27. The average molecular weight is 298 g/mol. The van der Waals surface area contributed by atoms with Crippen LogP contribution in [0.4, 0.5) is 0 Å². The largest absolute Gasteiger partial charge is 0.494 e. The van der Waals surface area contributed by atoms with Crippen molar-refractivity contribution in [1.82, 2.24) is 9.55 Å². The topological polar surface area (TPSA) is 27.1 Å². The van der Waals surface area contributed by atoms with E-state index >= 15 is 0 Å². The molecule has 0 aliphatic rings. The summed E-state index contributed by atoms with van der Waals surface area (Å²) in [7, 11) is 2.06. The van der Waals surface area contributed by atoms with E-state index in [9.17, 15) is 0 Å². The third-order valence-corrected chi connectivity index (χ3v) is 4.43. The number of ether oxygens (including phenoxy) is 1. The zero-order valence-corrected chi connectivity index (χ0v) is 13.1. The Balaban J connectivity index is 1.83. The Morgan fingerprint density at radius 2 is 1.95 bits per heavy atom. The number of hydrogen-bond donors (Lipinski definition) is 0. The summed E-state index contributed by atoms with van der Waals surface area (Å²) in [5.74, 6) is 1.80. The minimum Gasteiger partial charge on any atom is -0.494 e. The van der Waals surface area contributed by atoms with Gasteiger partial charge in [-0.05, 0) is 24.6 Å². The third kappa shape index (κ3) is 3.05. The van der Waals surface area contributed by atoms with Gasteiger partial charge in [-0.3, -0.25) is 0 Å². The zero-order chi connectivity index (χ0) is 14.7. The Labute approximate surface area is 129 Å². The lowest BCUT2D eigenvalue weighted by molar-refractivity contribution is 0.340. The molecular weight excluding hydrogens is 280 g/mol. The van der Waals surface area contributed by atoms with Gasteiger partial charge in [0, 0.05) is 18.9 Å². The van der Waals surface area contributed by atoms with Crippen LogP contribution in [0.2, 0.25) is 0 Å². The van der Waals surface area contributed by atoms with Crippen LogP contribution in [-0.2, 0) is 12.8 Å². The molecule has 0 radical (unpaired) electrons. The quantitative estimate of drug-likeness (QED) is 0.658. The molecule has 0 fully saturated rings. The average Bonchev–Trinajstić information content (AvgIpc) is 2.83. The van der Waals surface area contributed by atoms with Crippen molar-refractivity contribution in [2.75, 3.05) is 6.61 Å². The van der Waals surface area contributed by atoms with Gasteiger partial charge in [0.25, 0.3) is 0 Å². The lowest BCUT2D eigenvalue weighted by Gasteiger charge is -2.03. The first-order valence-electron chi connectivity index (χ1n) is 7.04. The second-order valence-electron chi connectivity index (χ2n) is 4.81. The summed E-state index contributed by atoms with van der Waals surface area (Å²) < 4.78 is 7.67. The molecule has 0 unspecified atom stereocenters. The van der Waals surface area contributed by atoms with Crippen LogP contribution in [0.15, 0.2) is 53.7 Å². The maximum absolute atomic E-state index is 5.54. The van der Waals surface area contributed by atoms with Gasteiger partial charge in [-0.2, -0.15) is 0 Å². The Kier molecular flexibility index (Phi) is 4.15. The summed E-state index contributed by atoms with van der Waals surface area (Å²) in [6.07, 6.45) is 0. The maximum Gasteiger partial charge on any atom is 0.169 e. The van der Waals surface area contributed by atoms with Crippen molar-refractivity contribution in [1.29, 1.82) is 0 Å². The first-order chi connectivity index (χ1) is 10.3. The van der Waals surface area contributed by atoms with Crippen molar-refractivity contribution in [3.63, 3.8) is 0 Å². The molecule has 0 aliphatic heterocycles. The fourth-order valence-corrected chi connectivity index (χ4v) is 3.21. The highest BCUT2D eigenvalue weighted by molar-refractivity contribution is 7.98. The van der Waals surface area contributed by atoms with Crippen LogP contribution in [-0.4, -0.2) is 16.2 Å². The van der Waals surface area contributed by atoms with Gasteiger partial charge in [-0.25, -0.2) is 4.98 Å². The van der Waals surface area contributed by atoms with Crippen molar-refractivity contribution in [2.24, 2.45) is 7.05 Å². The standard InChI is InChI=1S/C17H18N2OS/c1-3-20-14-9-10-16-15(11-14)18-17(19(16)2)21-12-13-7-5-4-6-8-13/h4-11H,3,12H2,1-2H3. The summed E-state index contributed by atoms with van der Waals surface area (Å²) in [5.41, 5.74) is 3.43. The molecule has 3 aromatic rings. The highest BCUT2D eigenvalue weighted by Gasteiger charge is 2.09. The van der Waals surface area contributed by atoms with Gasteiger partial charge in [-0.15, -0.1) is 0 Å². The van der Waals surface area contributed by atoms with Gasteiger partial charge in [-0.1, -0.05) is 42.1 Å². The van der Waals surface area contributed by atoms with Crippen LogP contribution in [0.5, 0.6) is 5.75 Å². The first-order valence-corrected chi connectivity index (χ1v) is 8.02. The number of aryl methyl sites for hydroxylation is 1. The Morgan fingerprint density at radius 3 is 2.71 bits per heavy atom. The van der Waals surface area contributed by atoms with Gasteiger partial charge < -0.3 is 9.30 Å². The van der Waals surface area contributed by atoms with Crippen molar-refractivity contribution in [3.8, 4) is 5.75 Å². The molecule has 1 aromatic heterocycles. The van der Waals surface area contributed by atoms with E-state index in [-0.39, 0.29) is 0 Å². The molecule has 108 valence electrons. The molecule has 0 saturated heterocycles. The molecular formula is C17H18N2OS. The van der Waals surface area contributed by atoms with E-state index in [1.165, 1.54) is 5.56 Å². The van der Waals surface area contributed by atoms with Crippen molar-refractivity contribution < 1.29 is 4.74 Å². The summed E-state index contributed by atoms with van der Waals surface area (Å²) in [6, 6.07) is 16.5. The highest BCUT2D eigenvalue weighted by atomic mass is 32.2. The van der Waals surface area contributed by atoms with Crippen LogP contribution < -0.4 is 4.74 Å². The van der Waals surface area contributed by atoms with E-state index in [4.69, 9.17) is 9.72 Å². The van der Waals surface area contributed by atoms with Gasteiger partial charge in [0.2, 0.25) is 0 Å². The lowest BCUT2D eigenvalue weighted by Crippen LogP contribution is -1.92. The number of nitrogens with zero attached hydrogens (tertiary/aromatic N) is 2. The number of thioether (sulfide) groups is 1. The van der Waals surface area contributed by atoms with E-state index in [1.54, 1.807) is 11.8 Å². The van der Waals surface area contributed by atoms with Crippen LogP contribution in [0, 0.1) is 0 Å². The molecule has 0 spiro atoms. The number of imidazole rings is 1. The van der Waals surface area contributed by atoms with Gasteiger partial charge in [0.1, 0.15) is 5.75 Å². The molecule has 0 aliphatic carbocycles. The molecule has 0 N–H and O–H groups in total. The summed E-state index contributed by atoms with van der Waals surface area (Å²) in [4.78, 5) is 4.72. The number of fused-ring (bicyclic) bond motifs is 1. The Morgan fingerprint density at radius 1 is 1.14 bits per heavy atom. The molecule has 0 atom stereocenters. The number of hydrogen-bond acceptors (Lipinski definition) is 3. The highest BCUT2D eigenvalue weighted by Crippen LogP contribution is 2.27. The van der Waals surface area contributed by atoms with Gasteiger partial charge in [0.05, 0.1) is 17.6 Å². The van der Waals surface area contributed by atoms with Crippen molar-refractivity contribution in [3.05, 3.63) is 54.1 Å². The molecule has 0 bridgehead atoms. The van der Waals surface area contributed by atoms with E-state index in [1.807, 2.05) is 25.1 Å². The van der Waals surface area contributed by atoms with E-state index < -0.39 is 0 Å². The molecule has 21 heavy (non-hydrogen) atoms. The third-order valence-electron chi connectivity index (χ3n) is 3.33. The Bertz CT molecular complexity index is 737. The van der Waals surface area contributed by atoms with Gasteiger partial charge >= 0.3 is 0 Å². The molecule has 3 nitrogen and oxygen atoms in total. The van der Waals surface area contributed by atoms with Crippen molar-refractivity contribution >= 4 is 22.8 Å². The van der Waals surface area contributed by atoms with E-state index in [0.29, 0.717) is 6.61 Å². The zero-order valence-electron chi connectivity index (χ0n) is 12.2. The van der Waals surface area contributed by atoms with Gasteiger partial charge in [0.15, 0.2) is 5.16 Å². The lowest BCUT2D eigenvalue weighted by atomic mass is 10.2. The van der Waals surface area contributed by atoms with E-state index in [2.05, 4.69) is 41.9 Å². The SMILES string of the molecule is CCOc1ccc2c(c1)nc(SCc1ccccc1)n2C. The smallest absolute Gasteiger partial charge is 0.169 e. The number of benzene rings is 2. The Hall–Kier alpha value is -1.94. The first kappa shape index (κ1) is 14.0. The molecule has 3 rings (SSSR count). The normalized spacial score (nSPS) is 11.0. The fraction of sp³-hybridized carbons (Fsp3) is 0.235.